The molecule has 2 rings (SSSR count). The van der Waals surface area contributed by atoms with Crippen LogP contribution in [0.1, 0.15) is 36.5 Å². The van der Waals surface area contributed by atoms with Gasteiger partial charge in [-0.25, -0.2) is 0 Å². The molecule has 3 heteroatoms. The highest BCUT2D eigenvalue weighted by Crippen LogP contribution is 2.30. The van der Waals surface area contributed by atoms with Crippen molar-refractivity contribution in [1.82, 2.24) is 0 Å². The highest BCUT2D eigenvalue weighted by atomic mass is 79.9. The fourth-order valence-corrected chi connectivity index (χ4v) is 1.89. The Labute approximate surface area is 97.8 Å². The van der Waals surface area contributed by atoms with Gasteiger partial charge in [0.15, 0.2) is 5.78 Å². The van der Waals surface area contributed by atoms with Crippen LogP contribution in [0.15, 0.2) is 22.7 Å². The first-order valence-corrected chi connectivity index (χ1v) is 5.93. The summed E-state index contributed by atoms with van der Waals surface area (Å²) >= 11 is 3.38. The fraction of sp³-hybridized carbons (Fsp3) is 0.417. The van der Waals surface area contributed by atoms with Crippen LogP contribution >= 0.6 is 15.9 Å². The van der Waals surface area contributed by atoms with Gasteiger partial charge in [-0.3, -0.25) is 4.79 Å². The van der Waals surface area contributed by atoms with Gasteiger partial charge >= 0.3 is 0 Å². The largest absolute Gasteiger partial charge is 0.490 e. The quantitative estimate of drug-likeness (QED) is 0.784. The smallest absolute Gasteiger partial charge is 0.163 e. The van der Waals surface area contributed by atoms with Crippen LogP contribution in [0.2, 0.25) is 0 Å². The van der Waals surface area contributed by atoms with Gasteiger partial charge in [0, 0.05) is 4.47 Å². The second-order valence-electron chi connectivity index (χ2n) is 3.87. The van der Waals surface area contributed by atoms with E-state index in [0.29, 0.717) is 17.4 Å². The van der Waals surface area contributed by atoms with Gasteiger partial charge in [-0.2, -0.15) is 0 Å². The lowest BCUT2D eigenvalue weighted by atomic mass is 9.96. The van der Waals surface area contributed by atoms with Crippen molar-refractivity contribution in [3.63, 3.8) is 0 Å². The Hall–Kier alpha value is -0.830. The zero-order valence-electron chi connectivity index (χ0n) is 8.63. The number of carbonyl (C=O) groups excluding carboxylic acids is 1. The summed E-state index contributed by atoms with van der Waals surface area (Å²) in [7, 11) is 0. The van der Waals surface area contributed by atoms with E-state index in [0.717, 1.165) is 17.3 Å². The Morgan fingerprint density at radius 1 is 1.47 bits per heavy atom. The maximum atomic E-state index is 11.4. The van der Waals surface area contributed by atoms with Crippen molar-refractivity contribution >= 4 is 21.7 Å². The van der Waals surface area contributed by atoms with Crippen LogP contribution in [-0.4, -0.2) is 11.9 Å². The summed E-state index contributed by atoms with van der Waals surface area (Å²) in [4.78, 5) is 11.4. The molecule has 1 aliphatic rings. The van der Waals surface area contributed by atoms with Crippen LogP contribution < -0.4 is 4.74 Å². The minimum atomic E-state index is 0.0526. The molecule has 0 saturated heterocycles. The molecule has 1 saturated carbocycles. The van der Waals surface area contributed by atoms with Gasteiger partial charge in [0.2, 0.25) is 0 Å². The predicted octanol–water partition coefficient (Wildman–Crippen LogP) is 3.58. The number of Topliss-reactive ketones (excluding diaryl/α,β-unsaturated/α-hetero) is 1. The average Bonchev–Trinajstić information content (AvgIpc) is 2.11. The lowest BCUT2D eigenvalue weighted by Crippen LogP contribution is -2.25. The molecule has 0 aromatic heterocycles. The summed E-state index contributed by atoms with van der Waals surface area (Å²) in [6, 6.07) is 5.54. The zero-order valence-corrected chi connectivity index (χ0v) is 10.2. The molecule has 1 aliphatic carbocycles. The van der Waals surface area contributed by atoms with E-state index in [1.165, 1.54) is 6.42 Å². The molecule has 0 radical (unpaired) electrons. The summed E-state index contributed by atoms with van der Waals surface area (Å²) in [5.41, 5.74) is 0.671. The summed E-state index contributed by atoms with van der Waals surface area (Å²) in [6.45, 7) is 1.57. The van der Waals surface area contributed by atoms with E-state index in [4.69, 9.17) is 4.74 Å². The molecule has 0 unspecified atom stereocenters. The second-order valence-corrected chi connectivity index (χ2v) is 4.78. The van der Waals surface area contributed by atoms with Crippen molar-refractivity contribution in [2.45, 2.75) is 32.3 Å². The number of rotatable bonds is 3. The van der Waals surface area contributed by atoms with Crippen LogP contribution in [0.4, 0.5) is 0 Å². The maximum absolute atomic E-state index is 11.4. The molecule has 0 heterocycles. The molecule has 0 amide bonds. The van der Waals surface area contributed by atoms with Crippen molar-refractivity contribution in [2.24, 2.45) is 0 Å². The lowest BCUT2D eigenvalue weighted by molar-refractivity contribution is 0.0983. The molecule has 0 spiro atoms. The molecule has 80 valence electrons. The van der Waals surface area contributed by atoms with Gasteiger partial charge < -0.3 is 4.74 Å². The predicted molar refractivity (Wildman–Crippen MR) is 62.4 cm³/mol. The summed E-state index contributed by atoms with van der Waals surface area (Å²) in [6.07, 6.45) is 3.74. The van der Waals surface area contributed by atoms with Gasteiger partial charge in [0.1, 0.15) is 5.75 Å². The molecule has 0 bridgehead atoms. The molecular weight excluding hydrogens is 256 g/mol. The van der Waals surface area contributed by atoms with Crippen molar-refractivity contribution in [3.8, 4) is 5.75 Å². The molecule has 1 aromatic rings. The van der Waals surface area contributed by atoms with E-state index in [9.17, 15) is 4.79 Å². The maximum Gasteiger partial charge on any atom is 0.163 e. The van der Waals surface area contributed by atoms with Gasteiger partial charge in [-0.15, -0.1) is 0 Å². The molecule has 0 N–H and O–H groups in total. The lowest BCUT2D eigenvalue weighted by Gasteiger charge is -2.27. The minimum Gasteiger partial charge on any atom is -0.490 e. The molecule has 1 fully saturated rings. The number of hydrogen-bond acceptors (Lipinski definition) is 2. The standard InChI is InChI=1S/C12H13BrO2/c1-8(14)11-6-5-9(13)7-12(11)15-10-3-2-4-10/h5-7,10H,2-4H2,1H3. The van der Waals surface area contributed by atoms with Crippen LogP contribution in [0.3, 0.4) is 0 Å². The third kappa shape index (κ3) is 2.40. The van der Waals surface area contributed by atoms with Gasteiger partial charge in [-0.05, 0) is 44.4 Å². The van der Waals surface area contributed by atoms with E-state index in [1.54, 1.807) is 13.0 Å². The van der Waals surface area contributed by atoms with Gasteiger partial charge in [-0.1, -0.05) is 15.9 Å². The first-order valence-electron chi connectivity index (χ1n) is 5.14. The zero-order chi connectivity index (χ0) is 10.8. The third-order valence-electron chi connectivity index (χ3n) is 2.67. The summed E-state index contributed by atoms with van der Waals surface area (Å²) in [5.74, 6) is 0.762. The Morgan fingerprint density at radius 2 is 2.20 bits per heavy atom. The molecule has 2 nitrogen and oxygen atoms in total. The third-order valence-corrected chi connectivity index (χ3v) is 3.16. The van der Waals surface area contributed by atoms with E-state index in [-0.39, 0.29) is 5.78 Å². The van der Waals surface area contributed by atoms with Crippen LogP contribution in [0.25, 0.3) is 0 Å². The number of halogens is 1. The van der Waals surface area contributed by atoms with Gasteiger partial charge in [0.25, 0.3) is 0 Å². The monoisotopic (exact) mass is 268 g/mol. The second kappa shape index (κ2) is 4.35. The molecular formula is C12H13BrO2. The highest BCUT2D eigenvalue weighted by molar-refractivity contribution is 9.10. The Morgan fingerprint density at radius 3 is 2.73 bits per heavy atom. The first-order chi connectivity index (χ1) is 7.16. The number of carbonyl (C=O) groups is 1. The SMILES string of the molecule is CC(=O)c1ccc(Br)cc1OC1CCC1. The molecule has 15 heavy (non-hydrogen) atoms. The number of ether oxygens (including phenoxy) is 1. The van der Waals surface area contributed by atoms with Crippen LogP contribution in [0, 0.1) is 0 Å². The minimum absolute atomic E-state index is 0.0526. The topological polar surface area (TPSA) is 26.3 Å². The summed E-state index contributed by atoms with van der Waals surface area (Å²) < 4.78 is 6.72. The van der Waals surface area contributed by atoms with E-state index in [1.807, 2.05) is 12.1 Å². The van der Waals surface area contributed by atoms with Crippen molar-refractivity contribution in [2.75, 3.05) is 0 Å². The Bertz CT molecular complexity index is 383. The van der Waals surface area contributed by atoms with Crippen LogP contribution in [0.5, 0.6) is 5.75 Å². The highest BCUT2D eigenvalue weighted by Gasteiger charge is 2.21. The Balaban J connectivity index is 2.24. The van der Waals surface area contributed by atoms with Crippen molar-refractivity contribution in [3.05, 3.63) is 28.2 Å². The normalized spacial score (nSPS) is 15.9. The van der Waals surface area contributed by atoms with Crippen molar-refractivity contribution < 1.29 is 9.53 Å². The fourth-order valence-electron chi connectivity index (χ4n) is 1.55. The van der Waals surface area contributed by atoms with Gasteiger partial charge in [0.05, 0.1) is 11.7 Å². The number of ketones is 1. The van der Waals surface area contributed by atoms with E-state index < -0.39 is 0 Å². The molecule has 0 atom stereocenters. The molecule has 1 aromatic carbocycles. The van der Waals surface area contributed by atoms with Crippen LogP contribution in [-0.2, 0) is 0 Å². The first kappa shape index (κ1) is 10.7. The summed E-state index contributed by atoms with van der Waals surface area (Å²) in [5, 5.41) is 0. The van der Waals surface area contributed by atoms with Crippen molar-refractivity contribution in [1.29, 1.82) is 0 Å². The molecule has 0 aliphatic heterocycles. The number of hydrogen-bond donors (Lipinski definition) is 0. The number of benzene rings is 1. The van der Waals surface area contributed by atoms with E-state index >= 15 is 0 Å². The van der Waals surface area contributed by atoms with E-state index in [2.05, 4.69) is 15.9 Å². The Kier molecular flexibility index (Phi) is 3.10. The average molecular weight is 269 g/mol.